The van der Waals surface area contributed by atoms with Crippen molar-refractivity contribution < 1.29 is 12.8 Å². The van der Waals surface area contributed by atoms with Gasteiger partial charge in [0.25, 0.3) is 10.0 Å². The van der Waals surface area contributed by atoms with Crippen molar-refractivity contribution in [2.24, 2.45) is 5.92 Å². The number of nitrogens with zero attached hydrogens (tertiary/aromatic N) is 3. The van der Waals surface area contributed by atoms with Gasteiger partial charge in [0.05, 0.1) is 22.7 Å². The highest BCUT2D eigenvalue weighted by Gasteiger charge is 2.34. The maximum atomic E-state index is 14.9. The molecule has 3 atom stereocenters. The van der Waals surface area contributed by atoms with Crippen molar-refractivity contribution in [3.63, 3.8) is 0 Å². The molecule has 2 heterocycles. The van der Waals surface area contributed by atoms with Gasteiger partial charge in [-0.3, -0.25) is 9.62 Å². The second kappa shape index (κ2) is 9.91. The van der Waals surface area contributed by atoms with Gasteiger partial charge < -0.3 is 5.32 Å². The number of hydrogen-bond acceptors (Lipinski definition) is 7. The smallest absolute Gasteiger partial charge is 0.266 e. The highest BCUT2D eigenvalue weighted by Crippen LogP contribution is 2.34. The van der Waals surface area contributed by atoms with Crippen LogP contribution in [0.15, 0.2) is 28.6 Å². The minimum Gasteiger partial charge on any atom is -0.379 e. The second-order valence-electron chi connectivity index (χ2n) is 8.27. The summed E-state index contributed by atoms with van der Waals surface area (Å²) in [5.41, 5.74) is 0.378. The van der Waals surface area contributed by atoms with Crippen LogP contribution in [0.3, 0.4) is 0 Å². The Balaban J connectivity index is 1.53. The molecule has 1 saturated heterocycles. The van der Waals surface area contributed by atoms with Crippen LogP contribution in [0.2, 0.25) is 5.02 Å². The lowest BCUT2D eigenvalue weighted by Crippen LogP contribution is -2.52. The zero-order valence-electron chi connectivity index (χ0n) is 17.4. The zero-order chi connectivity index (χ0) is 22.7. The number of rotatable bonds is 6. The third kappa shape index (κ3) is 5.17. The fourth-order valence-corrected chi connectivity index (χ4v) is 6.78. The molecule has 7 nitrogen and oxygen atoms in total. The molecule has 2 aromatic rings. The molecule has 4 rings (SSSR count). The molecule has 1 saturated carbocycles. The second-order valence-corrected chi connectivity index (χ2v) is 11.2. The Hall–Kier alpha value is -1.93. The standard InChI is InChI=1S/C21H25ClFN5O2S2/c22-15-10-20(32(29,30)27-21-25-7-9-31-21)16(23)11-18(15)26-17-5-1-2-6-19(17)28-8-3-4-14(12-24)13-28/h7,9-11,14,17,19,26H,1-6,8,13H2,(H,25,27)/t14-,17-,19-/m0/s1. The summed E-state index contributed by atoms with van der Waals surface area (Å²) in [7, 11) is -4.15. The highest BCUT2D eigenvalue weighted by atomic mass is 35.5. The van der Waals surface area contributed by atoms with Gasteiger partial charge in [0.15, 0.2) is 5.13 Å². The topological polar surface area (TPSA) is 98.1 Å². The van der Waals surface area contributed by atoms with Gasteiger partial charge in [-0.1, -0.05) is 24.4 Å². The third-order valence-corrected chi connectivity index (χ3v) is 8.62. The largest absolute Gasteiger partial charge is 0.379 e. The zero-order valence-corrected chi connectivity index (χ0v) is 19.8. The van der Waals surface area contributed by atoms with E-state index in [-0.39, 0.29) is 28.2 Å². The molecule has 2 aliphatic rings. The Morgan fingerprint density at radius 3 is 2.81 bits per heavy atom. The molecular weight excluding hydrogens is 473 g/mol. The number of piperidine rings is 1. The highest BCUT2D eigenvalue weighted by molar-refractivity contribution is 7.93. The van der Waals surface area contributed by atoms with Gasteiger partial charge >= 0.3 is 0 Å². The van der Waals surface area contributed by atoms with Crippen LogP contribution in [0.25, 0.3) is 0 Å². The number of hydrogen-bond donors (Lipinski definition) is 2. The number of likely N-dealkylation sites (tertiary alicyclic amines) is 1. The number of aromatic nitrogens is 1. The summed E-state index contributed by atoms with van der Waals surface area (Å²) in [6.45, 7) is 1.70. The Bertz CT molecular complexity index is 1090. The van der Waals surface area contributed by atoms with Gasteiger partial charge in [-0.25, -0.2) is 17.8 Å². The molecule has 32 heavy (non-hydrogen) atoms. The Morgan fingerprint density at radius 1 is 1.25 bits per heavy atom. The summed E-state index contributed by atoms with van der Waals surface area (Å²) >= 11 is 7.50. The van der Waals surface area contributed by atoms with Crippen molar-refractivity contribution in [1.82, 2.24) is 9.88 Å². The third-order valence-electron chi connectivity index (χ3n) is 6.14. The Labute approximate surface area is 196 Å². The molecule has 0 bridgehead atoms. The fourth-order valence-electron chi connectivity index (χ4n) is 4.62. The molecule has 2 N–H and O–H groups in total. The first-order valence-electron chi connectivity index (χ1n) is 10.7. The summed E-state index contributed by atoms with van der Waals surface area (Å²) in [6, 6.07) is 4.96. The van der Waals surface area contributed by atoms with E-state index in [4.69, 9.17) is 11.6 Å². The molecule has 1 aliphatic heterocycles. The predicted molar refractivity (Wildman–Crippen MR) is 124 cm³/mol. The molecule has 1 aliphatic carbocycles. The first-order chi connectivity index (χ1) is 15.4. The van der Waals surface area contributed by atoms with E-state index in [1.54, 1.807) is 5.38 Å². The lowest BCUT2D eigenvalue weighted by Gasteiger charge is -2.43. The van der Waals surface area contributed by atoms with Crippen LogP contribution < -0.4 is 10.0 Å². The van der Waals surface area contributed by atoms with E-state index in [1.807, 2.05) is 0 Å². The molecule has 0 unspecified atom stereocenters. The molecule has 172 valence electrons. The maximum absolute atomic E-state index is 14.9. The van der Waals surface area contributed by atoms with E-state index in [0.29, 0.717) is 5.69 Å². The number of anilines is 2. The van der Waals surface area contributed by atoms with Crippen molar-refractivity contribution in [2.75, 3.05) is 23.1 Å². The summed E-state index contributed by atoms with van der Waals surface area (Å²) < 4.78 is 42.3. The number of thiazole rings is 1. The average Bonchev–Trinajstić information content (AvgIpc) is 3.28. The van der Waals surface area contributed by atoms with E-state index in [0.717, 1.165) is 75.1 Å². The molecule has 1 aromatic carbocycles. The van der Waals surface area contributed by atoms with Crippen molar-refractivity contribution in [3.05, 3.63) is 34.5 Å². The summed E-state index contributed by atoms with van der Waals surface area (Å²) in [5.74, 6) is -0.835. The van der Waals surface area contributed by atoms with Crippen molar-refractivity contribution in [3.8, 4) is 6.07 Å². The van der Waals surface area contributed by atoms with Crippen LogP contribution in [0.4, 0.5) is 15.2 Å². The molecule has 0 amide bonds. The van der Waals surface area contributed by atoms with E-state index >= 15 is 0 Å². The van der Waals surface area contributed by atoms with Crippen molar-refractivity contribution >= 4 is 43.8 Å². The minimum absolute atomic E-state index is 0.0437. The van der Waals surface area contributed by atoms with Gasteiger partial charge in [-0.2, -0.15) is 5.26 Å². The van der Waals surface area contributed by atoms with E-state index in [2.05, 4.69) is 26.0 Å². The lowest BCUT2D eigenvalue weighted by atomic mass is 9.86. The van der Waals surface area contributed by atoms with Crippen molar-refractivity contribution in [1.29, 1.82) is 5.26 Å². The monoisotopic (exact) mass is 497 g/mol. The van der Waals surface area contributed by atoms with Gasteiger partial charge in [0, 0.05) is 30.2 Å². The lowest BCUT2D eigenvalue weighted by molar-refractivity contribution is 0.105. The summed E-state index contributed by atoms with van der Waals surface area (Å²) in [5, 5.41) is 14.6. The quantitative estimate of drug-likeness (QED) is 0.600. The molecular formula is C21H25ClFN5O2S2. The predicted octanol–water partition coefficient (Wildman–Crippen LogP) is 4.70. The summed E-state index contributed by atoms with van der Waals surface area (Å²) in [6.07, 6.45) is 7.45. The maximum Gasteiger partial charge on any atom is 0.266 e. The van der Waals surface area contributed by atoms with Crippen LogP contribution in [0, 0.1) is 23.1 Å². The van der Waals surface area contributed by atoms with E-state index < -0.39 is 20.7 Å². The van der Waals surface area contributed by atoms with Crippen LogP contribution >= 0.6 is 22.9 Å². The van der Waals surface area contributed by atoms with Gasteiger partial charge in [-0.15, -0.1) is 11.3 Å². The van der Waals surface area contributed by atoms with Crippen LogP contribution in [-0.4, -0.2) is 43.5 Å². The van der Waals surface area contributed by atoms with E-state index in [1.165, 1.54) is 6.20 Å². The minimum atomic E-state index is -4.15. The summed E-state index contributed by atoms with van der Waals surface area (Å²) in [4.78, 5) is 5.73. The molecule has 11 heteroatoms. The number of sulfonamides is 1. The first kappa shape index (κ1) is 23.2. The SMILES string of the molecule is N#C[C@@H]1CCCN([C@H]2CCCC[C@@H]2Nc2cc(F)c(S(=O)(=O)Nc3nccs3)cc2Cl)C1. The molecule has 1 aromatic heterocycles. The van der Waals surface area contributed by atoms with Crippen LogP contribution in [0.1, 0.15) is 38.5 Å². The number of nitriles is 1. The molecule has 0 spiro atoms. The van der Waals surface area contributed by atoms with Gasteiger partial charge in [-0.05, 0) is 44.4 Å². The van der Waals surface area contributed by atoms with Gasteiger partial charge in [0.2, 0.25) is 0 Å². The Morgan fingerprint density at radius 2 is 2.06 bits per heavy atom. The first-order valence-corrected chi connectivity index (χ1v) is 13.4. The fraction of sp³-hybridized carbons (Fsp3) is 0.524. The molecule has 0 radical (unpaired) electrons. The average molecular weight is 498 g/mol. The van der Waals surface area contributed by atoms with E-state index in [9.17, 15) is 18.1 Å². The molecule has 2 fully saturated rings. The normalized spacial score (nSPS) is 24.6. The van der Waals surface area contributed by atoms with Crippen LogP contribution in [0.5, 0.6) is 0 Å². The number of nitrogens with one attached hydrogen (secondary N) is 2. The number of benzene rings is 1. The van der Waals surface area contributed by atoms with Crippen LogP contribution in [-0.2, 0) is 10.0 Å². The Kier molecular flexibility index (Phi) is 7.20. The number of halogens is 2. The van der Waals surface area contributed by atoms with Gasteiger partial charge in [0.1, 0.15) is 10.7 Å². The van der Waals surface area contributed by atoms with Crippen molar-refractivity contribution in [2.45, 2.75) is 55.5 Å².